The Hall–Kier alpha value is -2.39. The normalized spacial score (nSPS) is 12.8. The lowest BCUT2D eigenvalue weighted by Gasteiger charge is -2.15. The van der Waals surface area contributed by atoms with Crippen molar-refractivity contribution in [3.63, 3.8) is 0 Å². The molecule has 1 heterocycles. The molecule has 1 rings (SSSR count). The zero-order valence-corrected chi connectivity index (χ0v) is 12.6. The number of aliphatic carboxylic acids is 1. The number of nitrogens with zero attached hydrogens (tertiary/aromatic N) is 1. The van der Waals surface area contributed by atoms with Gasteiger partial charge >= 0.3 is 18.3 Å². The summed E-state index contributed by atoms with van der Waals surface area (Å²) in [6.07, 6.45) is -2.92. The van der Waals surface area contributed by atoms with Crippen molar-refractivity contribution in [1.29, 1.82) is 0 Å². The molecule has 0 fully saturated rings. The smallest absolute Gasteiger partial charge is 0.340 e. The molecule has 1 atom stereocenters. The molecule has 6 nitrogen and oxygen atoms in total. The van der Waals surface area contributed by atoms with Crippen LogP contribution in [-0.2, 0) is 4.79 Å². The minimum atomic E-state index is -4.29. The van der Waals surface area contributed by atoms with Gasteiger partial charge in [0.05, 0.1) is 5.56 Å². The highest BCUT2D eigenvalue weighted by Gasteiger charge is 2.41. The second-order valence-corrected chi connectivity index (χ2v) is 5.15. The number of carbonyl (C=O) groups excluding carboxylic acids is 1. The molecule has 1 amide bonds. The molecule has 0 aliphatic carbocycles. The second kappa shape index (κ2) is 8.46. The predicted octanol–water partition coefficient (Wildman–Crippen LogP) is 2.20. The van der Waals surface area contributed by atoms with Crippen LogP contribution in [0.15, 0.2) is 18.3 Å². The fourth-order valence-corrected chi connectivity index (χ4v) is 1.57. The van der Waals surface area contributed by atoms with Gasteiger partial charge in [0.15, 0.2) is 6.61 Å². The number of carbonyl (C=O) groups is 2. The van der Waals surface area contributed by atoms with Gasteiger partial charge in [0.2, 0.25) is 5.88 Å². The zero-order chi connectivity index (χ0) is 18.3. The standard InChI is InChI=1S/C14H16F4N2O4/c1-8(4-11(21)22)5-20-12(23)9-2-3-10(19-6-9)24-7-14(17,18)13(15)16/h2-3,6,8,13H,4-5,7H2,1H3,(H,20,23)(H,21,22). The molecule has 2 N–H and O–H groups in total. The maximum Gasteiger partial charge on any atom is 0.340 e. The van der Waals surface area contributed by atoms with E-state index in [0.717, 1.165) is 12.3 Å². The fourth-order valence-electron chi connectivity index (χ4n) is 1.57. The fraction of sp³-hybridized carbons (Fsp3) is 0.500. The number of alkyl halides is 4. The lowest BCUT2D eigenvalue weighted by Crippen LogP contribution is -2.34. The average molecular weight is 352 g/mol. The number of rotatable bonds is 9. The van der Waals surface area contributed by atoms with E-state index in [2.05, 4.69) is 15.0 Å². The summed E-state index contributed by atoms with van der Waals surface area (Å²) in [7, 11) is 0. The maximum absolute atomic E-state index is 12.7. The Balaban J connectivity index is 2.52. The number of carboxylic acid groups (broad SMARTS) is 1. The third-order valence-corrected chi connectivity index (χ3v) is 2.86. The molecule has 1 aromatic rings. The van der Waals surface area contributed by atoms with E-state index >= 15 is 0 Å². The summed E-state index contributed by atoms with van der Waals surface area (Å²) in [5.41, 5.74) is 0.0884. The summed E-state index contributed by atoms with van der Waals surface area (Å²) in [6, 6.07) is 2.32. The number of amides is 1. The van der Waals surface area contributed by atoms with Crippen LogP contribution in [-0.4, -0.2) is 47.5 Å². The molecule has 0 saturated carbocycles. The highest BCUT2D eigenvalue weighted by molar-refractivity contribution is 5.93. The van der Waals surface area contributed by atoms with Crippen LogP contribution in [0.4, 0.5) is 17.6 Å². The highest BCUT2D eigenvalue weighted by Crippen LogP contribution is 2.23. The molecule has 0 spiro atoms. The molecular weight excluding hydrogens is 336 g/mol. The van der Waals surface area contributed by atoms with Crippen LogP contribution < -0.4 is 10.1 Å². The van der Waals surface area contributed by atoms with Crippen molar-refractivity contribution >= 4 is 11.9 Å². The Labute approximate surface area is 134 Å². The van der Waals surface area contributed by atoms with E-state index in [0.29, 0.717) is 0 Å². The second-order valence-electron chi connectivity index (χ2n) is 5.15. The summed E-state index contributed by atoms with van der Waals surface area (Å²) in [5, 5.41) is 11.1. The van der Waals surface area contributed by atoms with Gasteiger partial charge in [-0.1, -0.05) is 6.92 Å². The number of halogens is 4. The number of aromatic nitrogens is 1. The average Bonchev–Trinajstić information content (AvgIpc) is 2.50. The Morgan fingerprint density at radius 2 is 2.04 bits per heavy atom. The summed E-state index contributed by atoms with van der Waals surface area (Å²) in [4.78, 5) is 25.9. The Morgan fingerprint density at radius 1 is 1.38 bits per heavy atom. The zero-order valence-electron chi connectivity index (χ0n) is 12.6. The van der Waals surface area contributed by atoms with Crippen LogP contribution in [0.2, 0.25) is 0 Å². The van der Waals surface area contributed by atoms with Crippen LogP contribution in [0.1, 0.15) is 23.7 Å². The predicted molar refractivity (Wildman–Crippen MR) is 74.4 cm³/mol. The van der Waals surface area contributed by atoms with E-state index in [4.69, 9.17) is 5.11 Å². The molecule has 10 heteroatoms. The van der Waals surface area contributed by atoms with Gasteiger partial charge in [-0.3, -0.25) is 9.59 Å². The number of pyridine rings is 1. The first-order valence-electron chi connectivity index (χ1n) is 6.86. The number of hydrogen-bond acceptors (Lipinski definition) is 4. The third-order valence-electron chi connectivity index (χ3n) is 2.86. The van der Waals surface area contributed by atoms with Crippen molar-refractivity contribution in [2.24, 2.45) is 5.92 Å². The highest BCUT2D eigenvalue weighted by atomic mass is 19.3. The number of carboxylic acids is 1. The van der Waals surface area contributed by atoms with Crippen LogP contribution in [0, 0.1) is 5.92 Å². The van der Waals surface area contributed by atoms with Gasteiger partial charge in [0.25, 0.3) is 5.91 Å². The summed E-state index contributed by atoms with van der Waals surface area (Å²) >= 11 is 0. The van der Waals surface area contributed by atoms with Crippen molar-refractivity contribution in [1.82, 2.24) is 10.3 Å². The van der Waals surface area contributed by atoms with E-state index in [1.807, 2.05) is 0 Å². The molecular formula is C14H16F4N2O4. The number of nitrogens with one attached hydrogen (secondary N) is 1. The van der Waals surface area contributed by atoms with E-state index in [1.54, 1.807) is 6.92 Å². The first kappa shape index (κ1) is 19.7. The molecule has 0 bridgehead atoms. The first-order valence-corrected chi connectivity index (χ1v) is 6.86. The summed E-state index contributed by atoms with van der Waals surface area (Å²) < 4.78 is 53.8. The molecule has 1 aromatic heterocycles. The lowest BCUT2D eigenvalue weighted by atomic mass is 10.1. The lowest BCUT2D eigenvalue weighted by molar-refractivity contribution is -0.148. The number of ether oxygens (including phenoxy) is 1. The van der Waals surface area contributed by atoms with Gasteiger partial charge < -0.3 is 15.2 Å². The van der Waals surface area contributed by atoms with Crippen molar-refractivity contribution in [3.05, 3.63) is 23.9 Å². The monoisotopic (exact) mass is 352 g/mol. The van der Waals surface area contributed by atoms with E-state index < -0.39 is 30.8 Å². The van der Waals surface area contributed by atoms with Crippen molar-refractivity contribution in [2.75, 3.05) is 13.2 Å². The molecule has 134 valence electrons. The quantitative estimate of drug-likeness (QED) is 0.665. The summed E-state index contributed by atoms with van der Waals surface area (Å²) in [6.45, 7) is 0.243. The van der Waals surface area contributed by atoms with Gasteiger partial charge in [0, 0.05) is 25.2 Å². The van der Waals surface area contributed by atoms with Crippen LogP contribution in [0.3, 0.4) is 0 Å². The maximum atomic E-state index is 12.7. The Kier molecular flexibility index (Phi) is 6.93. The summed E-state index contributed by atoms with van der Waals surface area (Å²) in [5.74, 6) is -6.42. The molecule has 0 aromatic carbocycles. The van der Waals surface area contributed by atoms with Crippen molar-refractivity contribution < 1.29 is 37.0 Å². The minimum absolute atomic E-state index is 0.0884. The minimum Gasteiger partial charge on any atom is -0.481 e. The first-order chi connectivity index (χ1) is 11.1. The molecule has 1 unspecified atom stereocenters. The SMILES string of the molecule is CC(CNC(=O)c1ccc(OCC(F)(F)C(F)F)nc1)CC(=O)O. The van der Waals surface area contributed by atoms with Crippen molar-refractivity contribution in [3.8, 4) is 5.88 Å². The van der Waals surface area contributed by atoms with E-state index in [9.17, 15) is 27.2 Å². The van der Waals surface area contributed by atoms with Crippen LogP contribution in [0.25, 0.3) is 0 Å². The van der Waals surface area contributed by atoms with Gasteiger partial charge in [0.1, 0.15) is 0 Å². The molecule has 0 aliphatic heterocycles. The molecule has 0 aliphatic rings. The third kappa shape index (κ3) is 6.39. The molecule has 0 radical (unpaired) electrons. The van der Waals surface area contributed by atoms with Crippen LogP contribution in [0.5, 0.6) is 5.88 Å². The van der Waals surface area contributed by atoms with E-state index in [1.165, 1.54) is 6.07 Å². The number of hydrogen-bond donors (Lipinski definition) is 2. The van der Waals surface area contributed by atoms with Gasteiger partial charge in [-0.2, -0.15) is 8.78 Å². The van der Waals surface area contributed by atoms with Gasteiger partial charge in [-0.05, 0) is 12.0 Å². The molecule has 0 saturated heterocycles. The Bertz CT molecular complexity index is 566. The largest absolute Gasteiger partial charge is 0.481 e. The van der Waals surface area contributed by atoms with Crippen molar-refractivity contribution in [2.45, 2.75) is 25.7 Å². The molecule has 24 heavy (non-hydrogen) atoms. The topological polar surface area (TPSA) is 88.5 Å². The van der Waals surface area contributed by atoms with Gasteiger partial charge in [-0.15, -0.1) is 0 Å². The van der Waals surface area contributed by atoms with E-state index in [-0.39, 0.29) is 30.3 Å². The van der Waals surface area contributed by atoms with Gasteiger partial charge in [-0.25, -0.2) is 13.8 Å². The Morgan fingerprint density at radius 3 is 2.54 bits per heavy atom. The van der Waals surface area contributed by atoms with Crippen LogP contribution >= 0.6 is 0 Å².